The van der Waals surface area contributed by atoms with Crippen LogP contribution in [0.5, 0.6) is 0 Å². The van der Waals surface area contributed by atoms with Crippen LogP contribution in [0.1, 0.15) is 32.7 Å². The molecule has 1 aromatic heterocycles. The molecule has 29 heavy (non-hydrogen) atoms. The van der Waals surface area contributed by atoms with E-state index < -0.39 is 5.97 Å². The summed E-state index contributed by atoms with van der Waals surface area (Å²) in [5.74, 6) is -0.965. The van der Waals surface area contributed by atoms with Gasteiger partial charge in [0.15, 0.2) is 0 Å². The van der Waals surface area contributed by atoms with Crippen molar-refractivity contribution in [3.8, 4) is 0 Å². The molecular formula is C23H21Cl2NO3. The van der Waals surface area contributed by atoms with Crippen LogP contribution in [0.25, 0.3) is 0 Å². The van der Waals surface area contributed by atoms with E-state index in [0.717, 1.165) is 17.7 Å². The molecule has 0 bridgehead atoms. The summed E-state index contributed by atoms with van der Waals surface area (Å²) in [4.78, 5) is 23.7. The number of benzene rings is 2. The highest BCUT2D eigenvalue weighted by Gasteiger charge is 2.13. The van der Waals surface area contributed by atoms with Crippen LogP contribution in [0.2, 0.25) is 10.0 Å². The smallest absolute Gasteiger partial charge is 0.335 e. The molecule has 2 aromatic carbocycles. The Morgan fingerprint density at radius 2 is 1.66 bits per heavy atom. The molecule has 1 N–H and O–H groups in total. The SMILES string of the molecule is Cc1cccc(CCc2c(Cl)cc(Cl)c(=O)n2CCc2ccc(C(=O)O)cc2)c1. The maximum atomic E-state index is 12.7. The monoisotopic (exact) mass is 429 g/mol. The summed E-state index contributed by atoms with van der Waals surface area (Å²) in [5.41, 5.74) is 4.02. The average molecular weight is 430 g/mol. The van der Waals surface area contributed by atoms with Crippen molar-refractivity contribution >= 4 is 29.2 Å². The summed E-state index contributed by atoms with van der Waals surface area (Å²) in [6.07, 6.45) is 1.94. The molecule has 3 aromatic rings. The van der Waals surface area contributed by atoms with Crippen LogP contribution >= 0.6 is 23.2 Å². The van der Waals surface area contributed by atoms with E-state index in [1.165, 1.54) is 17.2 Å². The highest BCUT2D eigenvalue weighted by molar-refractivity contribution is 6.34. The molecule has 1 heterocycles. The Bertz CT molecular complexity index is 1090. The molecule has 6 heteroatoms. The van der Waals surface area contributed by atoms with Crippen molar-refractivity contribution in [3.05, 3.63) is 103 Å². The zero-order chi connectivity index (χ0) is 21.0. The van der Waals surface area contributed by atoms with Gasteiger partial charge in [0, 0.05) is 12.2 Å². The molecule has 3 rings (SSSR count). The van der Waals surface area contributed by atoms with Gasteiger partial charge in [0.05, 0.1) is 10.6 Å². The van der Waals surface area contributed by atoms with Crippen LogP contribution < -0.4 is 5.56 Å². The minimum Gasteiger partial charge on any atom is -0.478 e. The topological polar surface area (TPSA) is 59.3 Å². The van der Waals surface area contributed by atoms with Gasteiger partial charge in [-0.3, -0.25) is 4.79 Å². The summed E-state index contributed by atoms with van der Waals surface area (Å²) >= 11 is 12.5. The Hall–Kier alpha value is -2.56. The van der Waals surface area contributed by atoms with E-state index in [-0.39, 0.29) is 16.1 Å². The molecule has 0 saturated carbocycles. The second-order valence-electron chi connectivity index (χ2n) is 6.98. The van der Waals surface area contributed by atoms with Crippen molar-refractivity contribution in [2.24, 2.45) is 0 Å². The van der Waals surface area contributed by atoms with Crippen LogP contribution in [0.15, 0.2) is 59.4 Å². The van der Waals surface area contributed by atoms with Gasteiger partial charge < -0.3 is 9.67 Å². The molecule has 0 radical (unpaired) electrons. The lowest BCUT2D eigenvalue weighted by Crippen LogP contribution is -2.25. The first-order valence-electron chi connectivity index (χ1n) is 9.30. The fraction of sp³-hybridized carbons (Fsp3) is 0.217. The van der Waals surface area contributed by atoms with E-state index >= 15 is 0 Å². The summed E-state index contributed by atoms with van der Waals surface area (Å²) in [6, 6.07) is 16.4. The molecule has 0 unspecified atom stereocenters. The number of aryl methyl sites for hydroxylation is 3. The lowest BCUT2D eigenvalue weighted by atomic mass is 10.0. The number of carbonyl (C=O) groups is 1. The largest absolute Gasteiger partial charge is 0.478 e. The van der Waals surface area contributed by atoms with E-state index in [1.807, 2.05) is 19.1 Å². The number of pyridine rings is 1. The normalized spacial score (nSPS) is 10.9. The lowest BCUT2D eigenvalue weighted by Gasteiger charge is -2.16. The average Bonchev–Trinajstić information content (AvgIpc) is 2.69. The van der Waals surface area contributed by atoms with E-state index in [2.05, 4.69) is 12.1 Å². The number of hydrogen-bond acceptors (Lipinski definition) is 2. The summed E-state index contributed by atoms with van der Waals surface area (Å²) < 4.78 is 1.63. The van der Waals surface area contributed by atoms with Gasteiger partial charge in [0.2, 0.25) is 0 Å². The third-order valence-electron chi connectivity index (χ3n) is 4.86. The standard InChI is InChI=1S/C23H21Cl2NO3/c1-15-3-2-4-17(13-15)7-10-21-19(24)14-20(25)22(27)26(21)12-11-16-5-8-18(9-6-16)23(28)29/h2-6,8-9,13-14H,7,10-12H2,1H3,(H,28,29). The quantitative estimate of drug-likeness (QED) is 0.561. The molecule has 150 valence electrons. The van der Waals surface area contributed by atoms with Gasteiger partial charge in [-0.25, -0.2) is 4.79 Å². The van der Waals surface area contributed by atoms with E-state index in [1.54, 1.807) is 28.8 Å². The molecule has 0 saturated heterocycles. The van der Waals surface area contributed by atoms with Crippen LogP contribution in [0.3, 0.4) is 0 Å². The van der Waals surface area contributed by atoms with Crippen LogP contribution in [0, 0.1) is 6.92 Å². The fourth-order valence-corrected chi connectivity index (χ4v) is 3.89. The number of carboxylic acids is 1. The maximum Gasteiger partial charge on any atom is 0.335 e. The number of nitrogens with zero attached hydrogens (tertiary/aromatic N) is 1. The van der Waals surface area contributed by atoms with Crippen molar-refractivity contribution < 1.29 is 9.90 Å². The Labute approximate surface area is 179 Å². The van der Waals surface area contributed by atoms with Crippen molar-refractivity contribution in [2.45, 2.75) is 32.7 Å². The Morgan fingerprint density at radius 3 is 2.31 bits per heavy atom. The van der Waals surface area contributed by atoms with Crippen molar-refractivity contribution in [2.75, 3.05) is 0 Å². The number of aromatic carboxylic acids is 1. The second-order valence-corrected chi connectivity index (χ2v) is 7.80. The molecule has 0 aliphatic heterocycles. The number of aromatic nitrogens is 1. The molecule has 0 aliphatic rings. The van der Waals surface area contributed by atoms with Gasteiger partial charge in [0.1, 0.15) is 5.02 Å². The number of carboxylic acid groups (broad SMARTS) is 1. The highest BCUT2D eigenvalue weighted by Crippen LogP contribution is 2.21. The minimum atomic E-state index is -0.965. The van der Waals surface area contributed by atoms with Gasteiger partial charge in [-0.2, -0.15) is 0 Å². The first-order valence-corrected chi connectivity index (χ1v) is 10.1. The third-order valence-corrected chi connectivity index (χ3v) is 5.46. The predicted octanol–water partition coefficient (Wildman–Crippen LogP) is 5.19. The molecule has 0 amide bonds. The van der Waals surface area contributed by atoms with Crippen LogP contribution in [-0.2, 0) is 25.8 Å². The Balaban J connectivity index is 1.82. The number of hydrogen-bond donors (Lipinski definition) is 1. The lowest BCUT2D eigenvalue weighted by molar-refractivity contribution is 0.0697. The third kappa shape index (κ3) is 5.28. The van der Waals surface area contributed by atoms with Crippen LogP contribution in [-0.4, -0.2) is 15.6 Å². The zero-order valence-corrected chi connectivity index (χ0v) is 17.5. The molecule has 0 aliphatic carbocycles. The van der Waals surface area contributed by atoms with Gasteiger partial charge in [-0.15, -0.1) is 0 Å². The van der Waals surface area contributed by atoms with Crippen molar-refractivity contribution in [1.82, 2.24) is 4.57 Å². The minimum absolute atomic E-state index is 0.0931. The molecule has 0 atom stereocenters. The summed E-state index contributed by atoms with van der Waals surface area (Å²) in [5, 5.41) is 9.58. The van der Waals surface area contributed by atoms with E-state index in [9.17, 15) is 9.59 Å². The van der Waals surface area contributed by atoms with E-state index in [0.29, 0.717) is 24.4 Å². The van der Waals surface area contributed by atoms with Crippen molar-refractivity contribution in [3.63, 3.8) is 0 Å². The molecule has 0 fully saturated rings. The molecule has 0 spiro atoms. The summed E-state index contributed by atoms with van der Waals surface area (Å²) in [7, 11) is 0. The molecular weight excluding hydrogens is 409 g/mol. The van der Waals surface area contributed by atoms with Crippen LogP contribution in [0.4, 0.5) is 0 Å². The first-order chi connectivity index (χ1) is 13.8. The molecule has 4 nitrogen and oxygen atoms in total. The van der Waals surface area contributed by atoms with Gasteiger partial charge in [-0.05, 0) is 55.5 Å². The number of rotatable bonds is 7. The van der Waals surface area contributed by atoms with Gasteiger partial charge >= 0.3 is 5.97 Å². The zero-order valence-electron chi connectivity index (χ0n) is 16.0. The first kappa shape index (κ1) is 21.2. The highest BCUT2D eigenvalue weighted by atomic mass is 35.5. The van der Waals surface area contributed by atoms with E-state index in [4.69, 9.17) is 28.3 Å². The Kier molecular flexibility index (Phi) is 6.78. The van der Waals surface area contributed by atoms with Gasteiger partial charge in [0.25, 0.3) is 5.56 Å². The summed E-state index contributed by atoms with van der Waals surface area (Å²) in [6.45, 7) is 2.46. The Morgan fingerprint density at radius 1 is 0.931 bits per heavy atom. The fourth-order valence-electron chi connectivity index (χ4n) is 3.31. The van der Waals surface area contributed by atoms with Crippen molar-refractivity contribution in [1.29, 1.82) is 0 Å². The number of halogens is 2. The second kappa shape index (κ2) is 9.29. The van der Waals surface area contributed by atoms with Gasteiger partial charge in [-0.1, -0.05) is 65.2 Å². The predicted molar refractivity (Wildman–Crippen MR) is 116 cm³/mol. The maximum absolute atomic E-state index is 12.7.